The molecule has 0 aliphatic carbocycles. The molecular formula is C10H11BrFNO. The summed E-state index contributed by atoms with van der Waals surface area (Å²) in [6.07, 6.45) is 1.15. The zero-order valence-electron chi connectivity index (χ0n) is 7.59. The molecular weight excluding hydrogens is 249 g/mol. The van der Waals surface area contributed by atoms with Gasteiger partial charge in [-0.25, -0.2) is 4.39 Å². The van der Waals surface area contributed by atoms with E-state index >= 15 is 0 Å². The molecule has 1 heterocycles. The molecule has 1 atom stereocenters. The van der Waals surface area contributed by atoms with Crippen molar-refractivity contribution >= 4 is 15.9 Å². The molecule has 1 aliphatic rings. The van der Waals surface area contributed by atoms with Crippen LogP contribution in [0.25, 0.3) is 0 Å². The summed E-state index contributed by atoms with van der Waals surface area (Å²) in [6, 6.07) is 4.60. The molecule has 1 saturated heterocycles. The van der Waals surface area contributed by atoms with E-state index in [1.54, 1.807) is 6.07 Å². The van der Waals surface area contributed by atoms with Crippen LogP contribution >= 0.6 is 15.9 Å². The first-order valence-corrected chi connectivity index (χ1v) is 5.37. The normalized spacial score (nSPS) is 21.1. The maximum atomic E-state index is 13.0. The zero-order valence-corrected chi connectivity index (χ0v) is 9.18. The molecule has 0 saturated carbocycles. The molecule has 4 heteroatoms. The van der Waals surface area contributed by atoms with E-state index in [1.165, 1.54) is 12.1 Å². The molecule has 0 amide bonds. The van der Waals surface area contributed by atoms with E-state index in [2.05, 4.69) is 21.2 Å². The number of halogens is 2. The third kappa shape index (κ3) is 2.45. The van der Waals surface area contributed by atoms with Gasteiger partial charge >= 0.3 is 0 Å². The van der Waals surface area contributed by atoms with Crippen LogP contribution < -0.4 is 10.1 Å². The van der Waals surface area contributed by atoms with Crippen LogP contribution in [0.1, 0.15) is 6.42 Å². The van der Waals surface area contributed by atoms with Crippen molar-refractivity contribution < 1.29 is 9.13 Å². The van der Waals surface area contributed by atoms with Gasteiger partial charge in [-0.15, -0.1) is 0 Å². The molecule has 2 nitrogen and oxygen atoms in total. The van der Waals surface area contributed by atoms with E-state index in [0.29, 0.717) is 10.2 Å². The predicted octanol–water partition coefficient (Wildman–Crippen LogP) is 2.33. The molecule has 14 heavy (non-hydrogen) atoms. The largest absolute Gasteiger partial charge is 0.489 e. The Morgan fingerprint density at radius 2 is 2.29 bits per heavy atom. The lowest BCUT2D eigenvalue weighted by atomic mass is 10.3. The summed E-state index contributed by atoms with van der Waals surface area (Å²) in [7, 11) is 0. The van der Waals surface area contributed by atoms with Crippen LogP contribution in [0.15, 0.2) is 22.7 Å². The second-order valence-electron chi connectivity index (χ2n) is 3.34. The summed E-state index contributed by atoms with van der Waals surface area (Å²) in [4.78, 5) is 0. The van der Waals surface area contributed by atoms with Gasteiger partial charge in [0.05, 0.1) is 0 Å². The van der Waals surface area contributed by atoms with Crippen molar-refractivity contribution in [1.82, 2.24) is 5.32 Å². The zero-order chi connectivity index (χ0) is 9.97. The van der Waals surface area contributed by atoms with Gasteiger partial charge in [-0.2, -0.15) is 0 Å². The summed E-state index contributed by atoms with van der Waals surface area (Å²) < 4.78 is 19.3. The highest BCUT2D eigenvalue weighted by atomic mass is 79.9. The second-order valence-corrected chi connectivity index (χ2v) is 4.25. The van der Waals surface area contributed by atoms with Crippen LogP contribution in [0, 0.1) is 5.82 Å². The van der Waals surface area contributed by atoms with Crippen molar-refractivity contribution in [3.05, 3.63) is 28.5 Å². The minimum Gasteiger partial charge on any atom is -0.489 e. The van der Waals surface area contributed by atoms with E-state index in [1.807, 2.05) is 0 Å². The Hall–Kier alpha value is -0.610. The maximum Gasteiger partial charge on any atom is 0.128 e. The second kappa shape index (κ2) is 4.28. The van der Waals surface area contributed by atoms with Crippen molar-refractivity contribution in [1.29, 1.82) is 0 Å². The molecule has 1 N–H and O–H groups in total. The Morgan fingerprint density at radius 1 is 1.43 bits per heavy atom. The van der Waals surface area contributed by atoms with Gasteiger partial charge in [0, 0.05) is 17.1 Å². The fraction of sp³-hybridized carbons (Fsp3) is 0.400. The van der Waals surface area contributed by atoms with E-state index in [9.17, 15) is 4.39 Å². The Kier molecular flexibility index (Phi) is 3.03. The predicted molar refractivity (Wildman–Crippen MR) is 56.0 cm³/mol. The average molecular weight is 260 g/mol. The first kappa shape index (κ1) is 9.93. The standard InChI is InChI=1S/C10H11BrFNO/c11-7-3-8(12)5-10(4-7)14-9-1-2-13-6-9/h3-5,9,13H,1-2,6H2/t9-/m1/s1. The van der Waals surface area contributed by atoms with Crippen LogP contribution in [0.4, 0.5) is 4.39 Å². The first-order chi connectivity index (χ1) is 6.74. The number of hydrogen-bond donors (Lipinski definition) is 1. The first-order valence-electron chi connectivity index (χ1n) is 4.57. The Morgan fingerprint density at radius 3 is 2.93 bits per heavy atom. The van der Waals surface area contributed by atoms with E-state index in [-0.39, 0.29) is 11.9 Å². The topological polar surface area (TPSA) is 21.3 Å². The van der Waals surface area contributed by atoms with Gasteiger partial charge in [0.1, 0.15) is 17.7 Å². The summed E-state index contributed by atoms with van der Waals surface area (Å²) in [5.41, 5.74) is 0. The number of hydrogen-bond acceptors (Lipinski definition) is 2. The fourth-order valence-corrected chi connectivity index (χ4v) is 1.96. The Bertz CT molecular complexity index is 306. The molecule has 0 aromatic heterocycles. The molecule has 0 spiro atoms. The van der Waals surface area contributed by atoms with Crippen molar-refractivity contribution in [2.75, 3.05) is 13.1 Å². The molecule has 2 rings (SSSR count). The number of nitrogens with one attached hydrogen (secondary N) is 1. The van der Waals surface area contributed by atoms with E-state index < -0.39 is 0 Å². The fourth-order valence-electron chi connectivity index (χ4n) is 1.52. The van der Waals surface area contributed by atoms with Crippen LogP contribution in [0.5, 0.6) is 5.75 Å². The SMILES string of the molecule is Fc1cc(Br)cc(O[C@@H]2CCNC2)c1. The van der Waals surface area contributed by atoms with Gasteiger partial charge in [0.2, 0.25) is 0 Å². The number of benzene rings is 1. The monoisotopic (exact) mass is 259 g/mol. The highest BCUT2D eigenvalue weighted by molar-refractivity contribution is 9.10. The van der Waals surface area contributed by atoms with Crippen LogP contribution in [0.3, 0.4) is 0 Å². The molecule has 1 aliphatic heterocycles. The van der Waals surface area contributed by atoms with Crippen molar-refractivity contribution in [3.8, 4) is 5.75 Å². The molecule has 0 bridgehead atoms. The Labute approximate surface area is 90.6 Å². The number of ether oxygens (including phenoxy) is 1. The van der Waals surface area contributed by atoms with Gasteiger partial charge in [-0.05, 0) is 25.1 Å². The lowest BCUT2D eigenvalue weighted by molar-refractivity contribution is 0.222. The summed E-state index contributed by atoms with van der Waals surface area (Å²) >= 11 is 3.23. The molecule has 1 fully saturated rings. The summed E-state index contributed by atoms with van der Waals surface area (Å²) in [5, 5.41) is 3.19. The van der Waals surface area contributed by atoms with E-state index in [4.69, 9.17) is 4.74 Å². The van der Waals surface area contributed by atoms with Gasteiger partial charge in [0.25, 0.3) is 0 Å². The number of rotatable bonds is 2. The molecule has 1 aromatic carbocycles. The van der Waals surface area contributed by atoms with Crippen LogP contribution in [-0.4, -0.2) is 19.2 Å². The van der Waals surface area contributed by atoms with Crippen molar-refractivity contribution in [2.24, 2.45) is 0 Å². The van der Waals surface area contributed by atoms with Gasteiger partial charge in [-0.3, -0.25) is 0 Å². The highest BCUT2D eigenvalue weighted by Gasteiger charge is 2.16. The lowest BCUT2D eigenvalue weighted by Gasteiger charge is -2.12. The highest BCUT2D eigenvalue weighted by Crippen LogP contribution is 2.22. The van der Waals surface area contributed by atoms with Crippen LogP contribution in [0.2, 0.25) is 0 Å². The van der Waals surface area contributed by atoms with Gasteiger partial charge in [-0.1, -0.05) is 15.9 Å². The molecule has 0 unspecified atom stereocenters. The summed E-state index contributed by atoms with van der Waals surface area (Å²) in [5.74, 6) is 0.311. The average Bonchev–Trinajstić information content (AvgIpc) is 2.54. The van der Waals surface area contributed by atoms with E-state index in [0.717, 1.165) is 19.5 Å². The smallest absolute Gasteiger partial charge is 0.128 e. The van der Waals surface area contributed by atoms with Gasteiger partial charge in [0.15, 0.2) is 0 Å². The summed E-state index contributed by atoms with van der Waals surface area (Å²) in [6.45, 7) is 1.81. The lowest BCUT2D eigenvalue weighted by Crippen LogP contribution is -2.19. The molecule has 76 valence electrons. The minimum absolute atomic E-state index is 0.170. The third-order valence-electron chi connectivity index (χ3n) is 2.15. The molecule has 1 aromatic rings. The molecule has 0 radical (unpaired) electrons. The van der Waals surface area contributed by atoms with Crippen molar-refractivity contribution in [3.63, 3.8) is 0 Å². The van der Waals surface area contributed by atoms with Crippen molar-refractivity contribution in [2.45, 2.75) is 12.5 Å². The Balaban J connectivity index is 2.07. The third-order valence-corrected chi connectivity index (χ3v) is 2.61. The maximum absolute atomic E-state index is 13.0. The van der Waals surface area contributed by atoms with Crippen LogP contribution in [-0.2, 0) is 0 Å². The minimum atomic E-state index is -0.277. The van der Waals surface area contributed by atoms with Gasteiger partial charge < -0.3 is 10.1 Å². The quantitative estimate of drug-likeness (QED) is 0.881.